The molecule has 4 fully saturated rings. The quantitative estimate of drug-likeness (QED) is 0.0908. The molecule has 437 valence electrons. The molecule has 1 radical (unpaired) electrons. The van der Waals surface area contributed by atoms with Crippen LogP contribution in [0.5, 0.6) is 0 Å². The first-order valence-corrected chi connectivity index (χ1v) is 34.3. The second kappa shape index (κ2) is 38.6. The third-order valence-electron chi connectivity index (χ3n) is 15.4. The maximum atomic E-state index is 5.33. The Bertz CT molecular complexity index is 2360. The molecule has 0 unspecified atom stereocenters. The smallest absolute Gasteiger partial charge is 0.199 e. The van der Waals surface area contributed by atoms with Crippen molar-refractivity contribution in [3.8, 4) is 22.9 Å². The Balaban J connectivity index is 0.000000326. The first-order valence-electron chi connectivity index (χ1n) is 29.8. The van der Waals surface area contributed by atoms with Crippen molar-refractivity contribution in [2.45, 2.75) is 155 Å². The predicted octanol–water partition coefficient (Wildman–Crippen LogP) is 13.1. The molecule has 0 aliphatic carbocycles. The van der Waals surface area contributed by atoms with Gasteiger partial charge in [-0.25, -0.2) is 19.9 Å². The second-order valence-electron chi connectivity index (χ2n) is 22.5. The number of nitrogens with zero attached hydrogens (tertiary/aromatic N) is 4. The maximum Gasteiger partial charge on any atom is 0.199 e. The molecular formula is C64H98KN4O9Si2. The van der Waals surface area contributed by atoms with Gasteiger partial charge in [0.2, 0.25) is 0 Å². The van der Waals surface area contributed by atoms with E-state index >= 15 is 0 Å². The van der Waals surface area contributed by atoms with Crippen molar-refractivity contribution < 1.29 is 42.6 Å². The van der Waals surface area contributed by atoms with Crippen molar-refractivity contribution in [3.63, 3.8) is 0 Å². The van der Waals surface area contributed by atoms with Gasteiger partial charge in [0.15, 0.2) is 11.3 Å². The topological polar surface area (TPSA) is 135 Å². The summed E-state index contributed by atoms with van der Waals surface area (Å²) >= 11 is 0. The van der Waals surface area contributed by atoms with Gasteiger partial charge in [-0.1, -0.05) is 131 Å². The number of hydrogen-bond donors (Lipinski definition) is 0. The largest absolute Gasteiger partial charge is 0.381 e. The van der Waals surface area contributed by atoms with Crippen LogP contribution >= 0.6 is 0 Å². The molecule has 16 heteroatoms. The Morgan fingerprint density at radius 3 is 0.762 bits per heavy atom. The normalized spacial score (nSPS) is 17.2. The molecule has 6 heterocycles. The molecule has 3 aromatic carbocycles. The summed E-state index contributed by atoms with van der Waals surface area (Å²) in [7, 11) is -4.05. The molecule has 0 atom stereocenters. The minimum absolute atomic E-state index is 0. The molecule has 4 aliphatic rings. The van der Waals surface area contributed by atoms with Gasteiger partial charge in [0.25, 0.3) is 0 Å². The van der Waals surface area contributed by atoms with E-state index in [2.05, 4.69) is 130 Å². The summed E-state index contributed by atoms with van der Waals surface area (Å²) in [6.45, 7) is 41.3. The van der Waals surface area contributed by atoms with Crippen LogP contribution in [0.4, 0.5) is 0 Å². The van der Waals surface area contributed by atoms with Crippen LogP contribution in [-0.4, -0.2) is 206 Å². The fourth-order valence-electron chi connectivity index (χ4n) is 11.3. The zero-order valence-electron chi connectivity index (χ0n) is 51.5. The molecule has 0 N–H and O–H groups in total. The summed E-state index contributed by atoms with van der Waals surface area (Å²) < 4.78 is 46.8. The average Bonchev–Trinajstić information content (AvgIpc) is 4.31. The number of hydrogen-bond acceptors (Lipinski definition) is 13. The minimum Gasteiger partial charge on any atom is -0.381 e. The van der Waals surface area contributed by atoms with Crippen LogP contribution in [0.1, 0.15) is 133 Å². The van der Waals surface area contributed by atoms with Crippen molar-refractivity contribution in [1.82, 2.24) is 19.9 Å². The summed E-state index contributed by atoms with van der Waals surface area (Å²) in [5, 5.41) is 2.17. The molecular weight excluding hydrogens is 1060 g/mol. The van der Waals surface area contributed by atoms with E-state index in [1.54, 1.807) is 0 Å². The molecule has 0 bridgehead atoms. The first-order chi connectivity index (χ1) is 38.2. The molecule has 2 aromatic heterocycles. The molecule has 4 saturated heterocycles. The van der Waals surface area contributed by atoms with E-state index in [1.807, 2.05) is 24.3 Å². The fraction of sp³-hybridized carbons (Fsp3) is 0.656. The number of ether oxygens (including phenoxy) is 9. The monoisotopic (exact) mass is 1160 g/mol. The number of rotatable bonds is 6. The summed E-state index contributed by atoms with van der Waals surface area (Å²) in [6.07, 6.45) is 7.67. The van der Waals surface area contributed by atoms with E-state index in [-0.39, 0.29) is 51.4 Å². The van der Waals surface area contributed by atoms with Crippen molar-refractivity contribution in [1.29, 1.82) is 0 Å². The molecule has 0 saturated carbocycles. The summed E-state index contributed by atoms with van der Waals surface area (Å²) in [4.78, 5) is 20.3. The van der Waals surface area contributed by atoms with Gasteiger partial charge in [0.05, 0.1) is 101 Å². The number of aromatic nitrogens is 4. The Morgan fingerprint density at radius 2 is 0.550 bits per heavy atom. The third-order valence-corrected chi connectivity index (χ3v) is 28.0. The maximum absolute atomic E-state index is 5.33. The molecule has 0 spiro atoms. The van der Waals surface area contributed by atoms with Crippen LogP contribution in [0.25, 0.3) is 44.1 Å². The van der Waals surface area contributed by atoms with Gasteiger partial charge in [0, 0.05) is 102 Å². The summed E-state index contributed by atoms with van der Waals surface area (Å²) in [5.74, 6) is 7.59. The zero-order chi connectivity index (χ0) is 56.9. The van der Waals surface area contributed by atoms with Crippen LogP contribution in [0.2, 0.25) is 33.2 Å². The number of fused-ring (bicyclic) bond motifs is 4. The van der Waals surface area contributed by atoms with Crippen LogP contribution in [0.3, 0.4) is 0 Å². The average molecular weight is 1160 g/mol. The molecule has 0 amide bonds. The van der Waals surface area contributed by atoms with E-state index in [9.17, 15) is 0 Å². The van der Waals surface area contributed by atoms with Crippen LogP contribution in [0.15, 0.2) is 48.5 Å². The predicted molar refractivity (Wildman–Crippen MR) is 334 cm³/mol. The molecule has 13 nitrogen and oxygen atoms in total. The number of para-hydroxylation sites is 2. The summed E-state index contributed by atoms with van der Waals surface area (Å²) in [5.41, 5.74) is 17.2. The Hall–Kier alpha value is -2.31. The molecule has 5 aromatic rings. The van der Waals surface area contributed by atoms with Crippen LogP contribution < -0.4 is 0 Å². The summed E-state index contributed by atoms with van der Waals surface area (Å²) in [6, 6.07) is 16.5. The van der Waals surface area contributed by atoms with Gasteiger partial charge in [0.1, 0.15) is 27.2 Å². The SMILES string of the molecule is C1CCOC1.C1CCOC1.C1CCOC1.C1COCCOCCOCCOCCOCCO1.CC(C)[Si](C#Cc1c2ccccc2c(C#C[Si](C(C)C)(C(C)C)C(C)C)c2nc3nc4ccccc4nc3nc12)(C(C)C)C(C)C.[K]. The Kier molecular flexibility index (Phi) is 33.9. The molecule has 9 rings (SSSR count). The van der Waals surface area contributed by atoms with Crippen molar-refractivity contribution >= 4 is 112 Å². The Morgan fingerprint density at radius 1 is 0.325 bits per heavy atom. The molecule has 80 heavy (non-hydrogen) atoms. The number of benzene rings is 3. The van der Waals surface area contributed by atoms with E-state index in [4.69, 9.17) is 62.6 Å². The van der Waals surface area contributed by atoms with E-state index in [0.717, 1.165) is 83.6 Å². The van der Waals surface area contributed by atoms with Gasteiger partial charge in [-0.3, -0.25) is 0 Å². The van der Waals surface area contributed by atoms with Crippen LogP contribution in [0, 0.1) is 22.9 Å². The minimum atomic E-state index is -2.03. The van der Waals surface area contributed by atoms with Gasteiger partial charge in [-0.15, -0.1) is 11.1 Å². The van der Waals surface area contributed by atoms with Gasteiger partial charge < -0.3 is 42.6 Å². The van der Waals surface area contributed by atoms with E-state index in [1.165, 1.54) is 38.5 Å². The van der Waals surface area contributed by atoms with Gasteiger partial charge in [-0.2, -0.15) is 0 Å². The Labute approximate surface area is 526 Å². The second-order valence-corrected chi connectivity index (χ2v) is 33.7. The van der Waals surface area contributed by atoms with Gasteiger partial charge >= 0.3 is 0 Å². The standard InChI is InChI=1S/C40H50N4Si2.C12H24O6.3C4H8O.K/c1-25(2)45(26(3)4,27(5)6)23-21-33-31-17-13-14-18-32(31)34(22-24-46(28(7)8,29(9)10)30(11)12)38-37(33)43-39-40(44-38)42-36-20-16-15-19-35(36)41-39;1-2-14-5-6-16-9-10-18-12-11-17-8-7-15-4-3-13-1;3*1-2-4-5-3-1;/h13-20,25-30H,1-12H3;1-12H2;3*1-4H2;. The van der Waals surface area contributed by atoms with Crippen molar-refractivity contribution in [2.24, 2.45) is 0 Å². The zero-order valence-corrected chi connectivity index (χ0v) is 56.6. The van der Waals surface area contributed by atoms with Gasteiger partial charge in [-0.05, 0) is 83.9 Å². The van der Waals surface area contributed by atoms with E-state index in [0.29, 0.717) is 124 Å². The third kappa shape index (κ3) is 21.3. The van der Waals surface area contributed by atoms with Crippen molar-refractivity contribution in [2.75, 3.05) is 119 Å². The van der Waals surface area contributed by atoms with E-state index < -0.39 is 16.1 Å². The molecule has 4 aliphatic heterocycles. The fourth-order valence-corrected chi connectivity index (χ4v) is 21.7. The van der Waals surface area contributed by atoms with Crippen molar-refractivity contribution in [3.05, 3.63) is 59.7 Å². The first kappa shape index (κ1) is 70.2. The van der Waals surface area contributed by atoms with Crippen LogP contribution in [-0.2, 0) is 42.6 Å².